The first kappa shape index (κ1) is 13.1. The molecule has 0 aliphatic heterocycles. The second kappa shape index (κ2) is 6.50. The van der Waals surface area contributed by atoms with Gasteiger partial charge in [-0.25, -0.2) is 0 Å². The van der Waals surface area contributed by atoms with E-state index >= 15 is 0 Å². The summed E-state index contributed by atoms with van der Waals surface area (Å²) in [4.78, 5) is 0. The molecule has 5 heteroatoms. The van der Waals surface area contributed by atoms with E-state index in [9.17, 15) is 0 Å². The van der Waals surface area contributed by atoms with Crippen molar-refractivity contribution in [3.63, 3.8) is 0 Å². The summed E-state index contributed by atoms with van der Waals surface area (Å²) in [5, 5.41) is 3.09. The second-order valence-corrected chi connectivity index (χ2v) is 7.34. The van der Waals surface area contributed by atoms with Gasteiger partial charge < -0.3 is 14.6 Å². The van der Waals surface area contributed by atoms with E-state index in [2.05, 4.69) is 25.7 Å². The first-order valence-corrected chi connectivity index (χ1v) is 7.06. The van der Waals surface area contributed by atoms with E-state index in [1.54, 1.807) is 7.11 Å². The summed E-state index contributed by atoms with van der Waals surface area (Å²) in [5.74, 6) is 0. The van der Waals surface area contributed by atoms with Crippen molar-refractivity contribution in [3.8, 4) is 0 Å². The maximum Gasteiger partial charge on any atom is 0.338 e. The minimum absolute atomic E-state index is 0.456. The molecule has 0 radical (unpaired) electrons. The van der Waals surface area contributed by atoms with Crippen molar-refractivity contribution in [1.29, 1.82) is 0 Å². The fraction of sp³-hybridized carbons (Fsp3) is 1.00. The second-order valence-electron chi connectivity index (χ2n) is 3.45. The molecule has 0 aliphatic rings. The van der Waals surface area contributed by atoms with Crippen LogP contribution in [0.4, 0.5) is 0 Å². The van der Waals surface area contributed by atoms with Gasteiger partial charge in [-0.3, -0.25) is 5.32 Å². The van der Waals surface area contributed by atoms with Crippen molar-refractivity contribution in [3.05, 3.63) is 0 Å². The van der Waals surface area contributed by atoms with Crippen LogP contribution in [0.3, 0.4) is 0 Å². The highest BCUT2D eigenvalue weighted by atomic mass is 28.4. The third-order valence-corrected chi connectivity index (χ3v) is 5.86. The van der Waals surface area contributed by atoms with Gasteiger partial charge in [-0.2, -0.15) is 0 Å². The van der Waals surface area contributed by atoms with Gasteiger partial charge in [0.25, 0.3) is 0 Å². The molecule has 1 unspecified atom stereocenters. The van der Waals surface area contributed by atoms with Gasteiger partial charge in [0, 0.05) is 20.2 Å². The van der Waals surface area contributed by atoms with Crippen LogP contribution in [0.25, 0.3) is 0 Å². The van der Waals surface area contributed by atoms with Gasteiger partial charge in [0.1, 0.15) is 0 Å². The van der Waals surface area contributed by atoms with Gasteiger partial charge in [0.15, 0.2) is 0 Å². The summed E-state index contributed by atoms with van der Waals surface area (Å²) in [6.45, 7) is 8.27. The molecule has 0 aromatic carbocycles. The third kappa shape index (κ3) is 4.73. The van der Waals surface area contributed by atoms with Crippen LogP contribution < -0.4 is 11.1 Å². The zero-order valence-electron chi connectivity index (χ0n) is 9.09. The Hall–Kier alpha value is 0.0569. The monoisotopic (exact) mass is 206 g/mol. The summed E-state index contributed by atoms with van der Waals surface area (Å²) in [7, 11) is -0.237. The molecule has 0 spiro atoms. The van der Waals surface area contributed by atoms with Crippen molar-refractivity contribution in [2.75, 3.05) is 26.9 Å². The maximum atomic E-state index is 5.69. The summed E-state index contributed by atoms with van der Waals surface area (Å²) < 4.78 is 11.1. The normalized spacial score (nSPS) is 16.2. The largest absolute Gasteiger partial charge is 0.398 e. The fourth-order valence-electron chi connectivity index (χ4n) is 0.830. The molecular weight excluding hydrogens is 184 g/mol. The molecule has 0 fully saturated rings. The van der Waals surface area contributed by atoms with E-state index in [1.807, 2.05) is 0 Å². The Morgan fingerprint density at radius 1 is 1.46 bits per heavy atom. The molecule has 0 aliphatic carbocycles. The Balaban J connectivity index is 3.71. The molecule has 0 heterocycles. The van der Waals surface area contributed by atoms with Crippen molar-refractivity contribution in [2.24, 2.45) is 5.73 Å². The highest BCUT2D eigenvalue weighted by Gasteiger charge is 2.34. The lowest BCUT2D eigenvalue weighted by molar-refractivity contribution is 0.182. The number of nitrogens with two attached hydrogens (primary N) is 1. The number of hydrogen-bond acceptors (Lipinski definition) is 4. The van der Waals surface area contributed by atoms with Crippen molar-refractivity contribution in [1.82, 2.24) is 5.32 Å². The van der Waals surface area contributed by atoms with Gasteiger partial charge in [-0.05, 0) is 12.1 Å². The summed E-state index contributed by atoms with van der Waals surface area (Å²) in [6.07, 6.45) is 0. The molecule has 80 valence electrons. The summed E-state index contributed by atoms with van der Waals surface area (Å²) in [5.41, 5.74) is 5.79. The maximum absolute atomic E-state index is 5.69. The molecule has 0 rings (SSSR count). The van der Waals surface area contributed by atoms with E-state index in [0.29, 0.717) is 18.8 Å². The molecule has 0 aromatic heterocycles. The molecule has 0 aromatic rings. The molecule has 1 atom stereocenters. The lowest BCUT2D eigenvalue weighted by Crippen LogP contribution is -2.43. The Bertz CT molecular complexity index is 135. The predicted molar refractivity (Wildman–Crippen MR) is 56.7 cm³/mol. The zero-order valence-corrected chi connectivity index (χ0v) is 10.1. The minimum Gasteiger partial charge on any atom is -0.398 e. The van der Waals surface area contributed by atoms with E-state index in [4.69, 9.17) is 14.6 Å². The van der Waals surface area contributed by atoms with Crippen molar-refractivity contribution >= 4 is 8.56 Å². The van der Waals surface area contributed by atoms with E-state index < -0.39 is 8.56 Å². The Kier molecular flexibility index (Phi) is 6.53. The Labute approximate surface area is 82.0 Å². The number of nitrogens with one attached hydrogen (secondary N) is 1. The molecule has 13 heavy (non-hydrogen) atoms. The Morgan fingerprint density at radius 3 is 2.46 bits per heavy atom. The van der Waals surface area contributed by atoms with E-state index in [-0.39, 0.29) is 0 Å². The van der Waals surface area contributed by atoms with Crippen LogP contribution >= 0.6 is 0 Å². The van der Waals surface area contributed by atoms with Gasteiger partial charge >= 0.3 is 8.56 Å². The molecule has 4 nitrogen and oxygen atoms in total. The standard InChI is InChI=1S/C8H22N2O2Si/c1-8(2)13(4,11-3)12-7-10-6-5-9/h8,10H,5-7,9H2,1-4H3. The smallest absolute Gasteiger partial charge is 0.338 e. The first-order valence-electron chi connectivity index (χ1n) is 4.66. The molecule has 0 bridgehead atoms. The average Bonchev–Trinajstić information content (AvgIpc) is 2.12. The molecule has 0 saturated heterocycles. The Morgan fingerprint density at radius 2 is 2.08 bits per heavy atom. The highest BCUT2D eigenvalue weighted by molar-refractivity contribution is 6.67. The predicted octanol–water partition coefficient (Wildman–Crippen LogP) is 0.637. The van der Waals surface area contributed by atoms with Crippen molar-refractivity contribution in [2.45, 2.75) is 25.9 Å². The van der Waals surface area contributed by atoms with E-state index in [1.165, 1.54) is 0 Å². The topological polar surface area (TPSA) is 56.5 Å². The average molecular weight is 206 g/mol. The third-order valence-electron chi connectivity index (χ3n) is 2.24. The number of hydrogen-bond donors (Lipinski definition) is 2. The zero-order chi connectivity index (χ0) is 10.3. The van der Waals surface area contributed by atoms with E-state index in [0.717, 1.165) is 6.54 Å². The van der Waals surface area contributed by atoms with Crippen LogP contribution in [-0.4, -0.2) is 35.5 Å². The summed E-state index contributed by atoms with van der Waals surface area (Å²) in [6, 6.07) is 0. The lowest BCUT2D eigenvalue weighted by atomic mass is 10.6. The quantitative estimate of drug-likeness (QED) is 0.364. The molecule has 0 amide bonds. The van der Waals surface area contributed by atoms with Crippen LogP contribution in [-0.2, 0) is 8.85 Å². The van der Waals surface area contributed by atoms with Gasteiger partial charge in [0.2, 0.25) is 0 Å². The fourth-order valence-corrected chi connectivity index (χ4v) is 2.14. The SMILES string of the molecule is CO[Si](C)(OCNCCN)C(C)C. The van der Waals surface area contributed by atoms with Crippen LogP contribution in [0.1, 0.15) is 13.8 Å². The molecule has 0 saturated carbocycles. The van der Waals surface area contributed by atoms with Gasteiger partial charge in [0.05, 0.1) is 6.73 Å². The van der Waals surface area contributed by atoms with Crippen LogP contribution in [0.5, 0.6) is 0 Å². The first-order chi connectivity index (χ1) is 6.06. The minimum atomic E-state index is -1.95. The van der Waals surface area contributed by atoms with Crippen molar-refractivity contribution < 1.29 is 8.85 Å². The lowest BCUT2D eigenvalue weighted by Gasteiger charge is -2.28. The molecule has 3 N–H and O–H groups in total. The van der Waals surface area contributed by atoms with Crippen LogP contribution in [0.15, 0.2) is 0 Å². The summed E-state index contributed by atoms with van der Waals surface area (Å²) >= 11 is 0. The molecular formula is C8H22N2O2Si. The van der Waals surface area contributed by atoms with Gasteiger partial charge in [-0.1, -0.05) is 13.8 Å². The highest BCUT2D eigenvalue weighted by Crippen LogP contribution is 2.21. The van der Waals surface area contributed by atoms with Crippen LogP contribution in [0.2, 0.25) is 12.1 Å². The number of rotatable bonds is 7. The van der Waals surface area contributed by atoms with Gasteiger partial charge in [-0.15, -0.1) is 0 Å². The van der Waals surface area contributed by atoms with Crippen LogP contribution in [0, 0.1) is 0 Å².